The standard InChI is InChI=1S/C23H19N5O2.2C21H12ClF2N3O2S.C21H17N5O2/c29-22-20(28(23(30)27-22)17-8-7-14-9-10-24-18(14)11-17)15-3-5-16(6-4-15)21-25-12-19(26-21)13-1-2-13;22-17-7-12(9-30-17)11-5-14(23)18(15(24)6-11)19-20(28)26-21(29)27(19)13-2-1-10-3-4-25-16(10)8-13;22-16-7-11(9-30-16)13-3-4-14(18(24)17(13)23)19-20(28)26-21(29)27(19)12-2-1-10-5-6-25-15(10)8-12;1-12-11-23-19(24-12)15-4-2-14(3-5-15)18-20(27)25-21(28)26(18)16-7-6-13-8-9-22-17(13)10-16/h3-8,10-13,20H,1-2,9H2,(H,25,26)(H,27,29,30);1-2,4-9,19H,3H2,(H,26,28,29);1-4,6-9,19H,5H2,(H,26,28,29);2-7,9-11,18H,8H2,1H3,(H,23,24)(H,25,27,28). The Balaban J connectivity index is 0.000000108. The summed E-state index contributed by atoms with van der Waals surface area (Å²) >= 11 is 14.2. The van der Waals surface area contributed by atoms with Crippen LogP contribution in [0.3, 0.4) is 0 Å². The van der Waals surface area contributed by atoms with Crippen LogP contribution in [-0.4, -0.2) is 92.5 Å². The molecule has 9 aliphatic rings. The van der Waals surface area contributed by atoms with E-state index in [2.05, 4.69) is 61.2 Å². The van der Waals surface area contributed by atoms with Gasteiger partial charge in [-0.05, 0) is 143 Å². The summed E-state index contributed by atoms with van der Waals surface area (Å²) in [5, 5.41) is 12.5. The zero-order valence-corrected chi connectivity index (χ0v) is 64.7. The number of anilines is 4. The normalized spacial score (nSPS) is 18.3. The van der Waals surface area contributed by atoms with Gasteiger partial charge in [0.1, 0.15) is 47.5 Å². The van der Waals surface area contributed by atoms with Crippen molar-refractivity contribution in [1.82, 2.24) is 41.2 Å². The molecule has 0 bridgehead atoms. The number of thiophene rings is 2. The lowest BCUT2D eigenvalue weighted by atomic mass is 9.99. The Morgan fingerprint density at radius 1 is 0.398 bits per heavy atom. The fraction of sp³-hybridized carbons (Fsp3) is 0.140. The van der Waals surface area contributed by atoms with Gasteiger partial charge in [0.15, 0.2) is 11.6 Å². The van der Waals surface area contributed by atoms with Crippen molar-refractivity contribution in [3.05, 3.63) is 269 Å². The second-order valence-electron chi connectivity index (χ2n) is 28.7. The van der Waals surface area contributed by atoms with E-state index < -0.39 is 88.9 Å². The molecule has 24 nitrogen and oxygen atoms in total. The Labute approximate surface area is 685 Å². The van der Waals surface area contributed by atoms with Crippen molar-refractivity contribution in [2.24, 2.45) is 20.0 Å². The number of aliphatic imine (C=N–C) groups is 4. The van der Waals surface area contributed by atoms with Crippen LogP contribution in [-0.2, 0) is 44.9 Å². The molecule has 12 amide bonds. The predicted molar refractivity (Wildman–Crippen MR) is 442 cm³/mol. The molecule has 32 heteroatoms. The number of H-pyrrole nitrogens is 2. The maximum Gasteiger partial charge on any atom is 0.329 e. The van der Waals surface area contributed by atoms with Gasteiger partial charge in [-0.25, -0.2) is 46.7 Å². The van der Waals surface area contributed by atoms with Crippen LogP contribution >= 0.6 is 45.9 Å². The first-order valence-corrected chi connectivity index (χ1v) is 39.6. The van der Waals surface area contributed by atoms with E-state index in [0.29, 0.717) is 78.2 Å². The van der Waals surface area contributed by atoms with Crippen LogP contribution in [0.25, 0.3) is 45.0 Å². The number of fused-ring (bicyclic) bond motifs is 4. The number of nitrogens with one attached hydrogen (secondary N) is 6. The van der Waals surface area contributed by atoms with Gasteiger partial charge in [-0.1, -0.05) is 108 Å². The maximum absolute atomic E-state index is 15.1. The van der Waals surface area contributed by atoms with Crippen LogP contribution in [0.15, 0.2) is 201 Å². The number of amides is 12. The summed E-state index contributed by atoms with van der Waals surface area (Å²) in [6.07, 6.45) is 16.2. The highest BCUT2D eigenvalue weighted by Crippen LogP contribution is 2.46. The molecule has 586 valence electrons. The largest absolute Gasteiger partial charge is 0.342 e. The number of rotatable bonds is 13. The summed E-state index contributed by atoms with van der Waals surface area (Å²) in [6, 6.07) is 38.2. The van der Waals surface area contributed by atoms with E-state index in [9.17, 15) is 42.7 Å². The third-order valence-electron chi connectivity index (χ3n) is 21.2. The number of imide groups is 4. The van der Waals surface area contributed by atoms with Gasteiger partial charge >= 0.3 is 24.1 Å². The monoisotopic (exact) mass is 1650 g/mol. The van der Waals surface area contributed by atoms with Gasteiger partial charge < -0.3 is 9.97 Å². The summed E-state index contributed by atoms with van der Waals surface area (Å²) in [5.41, 5.74) is 15.3. The highest BCUT2D eigenvalue weighted by atomic mass is 35.5. The molecule has 5 fully saturated rings. The number of aromatic nitrogens is 4. The number of carbonyl (C=O) groups excluding carboxylic acids is 8. The minimum absolute atomic E-state index is 0.0301. The molecule has 0 radical (unpaired) electrons. The number of halogens is 6. The summed E-state index contributed by atoms with van der Waals surface area (Å²) in [7, 11) is 0. The molecule has 0 spiro atoms. The van der Waals surface area contributed by atoms with Crippen molar-refractivity contribution in [1.29, 1.82) is 0 Å². The first-order chi connectivity index (χ1) is 57.1. The van der Waals surface area contributed by atoms with Gasteiger partial charge in [0.05, 0.1) is 37.0 Å². The molecule has 12 heterocycles. The first-order valence-electron chi connectivity index (χ1n) is 37.0. The van der Waals surface area contributed by atoms with Crippen LogP contribution in [0.4, 0.5) is 82.2 Å². The predicted octanol–water partition coefficient (Wildman–Crippen LogP) is 18.3. The smallest absolute Gasteiger partial charge is 0.329 e. The van der Waals surface area contributed by atoms with E-state index in [0.717, 1.165) is 108 Å². The molecule has 1 aliphatic carbocycles. The van der Waals surface area contributed by atoms with Crippen LogP contribution < -0.4 is 40.9 Å². The molecule has 8 aliphatic heterocycles. The zero-order valence-electron chi connectivity index (χ0n) is 61.6. The number of imidazole rings is 2. The number of benzene rings is 8. The minimum atomic E-state index is -1.47. The van der Waals surface area contributed by atoms with Crippen LogP contribution in [0.5, 0.6) is 0 Å². The number of hydrogen-bond donors (Lipinski definition) is 6. The molecule has 4 saturated heterocycles. The number of urea groups is 4. The third kappa shape index (κ3) is 14.4. The average Bonchev–Trinajstić information content (AvgIpc) is 1.61. The van der Waals surface area contributed by atoms with Crippen molar-refractivity contribution >= 4 is 164 Å². The van der Waals surface area contributed by atoms with Crippen molar-refractivity contribution < 1.29 is 55.9 Å². The first kappa shape index (κ1) is 75.7. The second-order valence-corrected chi connectivity index (χ2v) is 31.8. The van der Waals surface area contributed by atoms with E-state index in [1.807, 2.05) is 110 Å². The Morgan fingerprint density at radius 3 is 1.19 bits per heavy atom. The second kappa shape index (κ2) is 30.8. The van der Waals surface area contributed by atoms with Gasteiger partial charge in [0, 0.05) is 136 Å². The highest BCUT2D eigenvalue weighted by Gasteiger charge is 2.47. The number of carbonyl (C=O) groups is 8. The average molecular weight is 1660 g/mol. The molecule has 4 unspecified atom stereocenters. The van der Waals surface area contributed by atoms with Crippen LogP contribution in [0, 0.1) is 30.2 Å². The Morgan fingerprint density at radius 2 is 0.788 bits per heavy atom. The van der Waals surface area contributed by atoms with Crippen LogP contribution in [0.2, 0.25) is 8.67 Å². The Hall–Kier alpha value is -13.7. The van der Waals surface area contributed by atoms with Crippen molar-refractivity contribution in [2.75, 3.05) is 19.6 Å². The van der Waals surface area contributed by atoms with E-state index in [-0.39, 0.29) is 22.9 Å². The van der Waals surface area contributed by atoms with Crippen molar-refractivity contribution in [3.63, 3.8) is 0 Å². The van der Waals surface area contributed by atoms with Gasteiger partial charge in [-0.3, -0.25) is 80.0 Å². The molecule has 21 rings (SSSR count). The number of aromatic amines is 2. The molecular weight excluding hydrogens is 1600 g/mol. The van der Waals surface area contributed by atoms with E-state index in [1.54, 1.807) is 71.9 Å². The minimum Gasteiger partial charge on any atom is -0.342 e. The van der Waals surface area contributed by atoms with E-state index in [4.69, 9.17) is 23.2 Å². The molecule has 118 heavy (non-hydrogen) atoms. The molecule has 6 N–H and O–H groups in total. The summed E-state index contributed by atoms with van der Waals surface area (Å²) in [4.78, 5) is 138. The number of nitrogens with zero attached hydrogens (tertiary/aromatic N) is 10. The topological polar surface area (TPSA) is 304 Å². The zero-order chi connectivity index (χ0) is 81.5. The fourth-order valence-corrected chi connectivity index (χ4v) is 17.0. The van der Waals surface area contributed by atoms with Crippen LogP contribution in [0.1, 0.15) is 98.8 Å². The van der Waals surface area contributed by atoms with Crippen molar-refractivity contribution in [3.8, 4) is 45.0 Å². The lowest BCUT2D eigenvalue weighted by Gasteiger charge is -2.23. The molecule has 8 aromatic carbocycles. The van der Waals surface area contributed by atoms with E-state index in [1.165, 1.54) is 69.2 Å². The lowest BCUT2D eigenvalue weighted by Crippen LogP contribution is -2.30. The SMILES string of the molecule is Cc1cnc(-c2ccc(C3C(=O)NC(=O)N3c3ccc4c(c3)N=CC4)cc2)[nH]1.O=C1NC(=O)N(c2ccc3c(c2)N=CC3)C1c1c(F)cc(-c2csc(Cl)c2)cc1F.O=C1NC(=O)N(c2ccc3c(c2)N=CC3)C1c1ccc(-c2csc(Cl)c2)c(F)c1F.O=C1NC(=O)N(c2ccc3c(c2)N=CC3)C1c1ccc(-c2ncc(C3CC3)[nH]2)cc1. The summed E-state index contributed by atoms with van der Waals surface area (Å²) in [5.74, 6) is -4.13. The molecule has 4 aromatic heterocycles. The Kier molecular flexibility index (Phi) is 19.8. The number of hydrogen-bond acceptors (Lipinski definition) is 16. The van der Waals surface area contributed by atoms with E-state index >= 15 is 13.2 Å². The molecule has 1 saturated carbocycles. The number of aryl methyl sites for hydroxylation is 1. The van der Waals surface area contributed by atoms with Crippen molar-refractivity contribution in [2.45, 2.75) is 75.5 Å². The summed E-state index contributed by atoms with van der Waals surface area (Å²) < 4.78 is 61.0. The fourth-order valence-electron chi connectivity index (χ4n) is 15.2. The Bertz CT molecular complexity index is 6350. The maximum atomic E-state index is 15.1. The quantitative estimate of drug-likeness (QED) is 0.0468. The third-order valence-corrected chi connectivity index (χ3v) is 23.4. The highest BCUT2D eigenvalue weighted by molar-refractivity contribution is 7.15. The van der Waals surface area contributed by atoms with Gasteiger partial charge in [-0.2, -0.15) is 0 Å². The molecule has 4 atom stereocenters. The van der Waals surface area contributed by atoms with Gasteiger partial charge in [-0.15, -0.1) is 22.7 Å². The molecule has 12 aromatic rings. The summed E-state index contributed by atoms with van der Waals surface area (Å²) in [6.45, 7) is 1.94. The molecular formula is C86H60Cl2F4N16O8S2. The lowest BCUT2D eigenvalue weighted by molar-refractivity contribution is -0.120. The van der Waals surface area contributed by atoms with Gasteiger partial charge in [0.25, 0.3) is 23.6 Å². The van der Waals surface area contributed by atoms with Gasteiger partial charge in [0.2, 0.25) is 0 Å².